The molecule has 2 nitrogen and oxygen atoms in total. The van der Waals surface area contributed by atoms with Crippen molar-refractivity contribution in [3.05, 3.63) is 51.9 Å². The summed E-state index contributed by atoms with van der Waals surface area (Å²) in [7, 11) is 0. The van der Waals surface area contributed by atoms with Crippen molar-refractivity contribution < 1.29 is 22.3 Å². The highest BCUT2D eigenvalue weighted by atomic mass is 79.9. The molecular weight excluding hydrogens is 377 g/mol. The summed E-state index contributed by atoms with van der Waals surface area (Å²) in [5.41, 5.74) is -0.909. The van der Waals surface area contributed by atoms with E-state index in [1.54, 1.807) is 6.07 Å². The fourth-order valence-corrected chi connectivity index (χ4v) is 2.12. The van der Waals surface area contributed by atoms with E-state index in [2.05, 4.69) is 20.9 Å². The Morgan fingerprint density at radius 1 is 1.24 bits per heavy atom. The van der Waals surface area contributed by atoms with E-state index in [0.29, 0.717) is 22.2 Å². The molecular formula is C13H7BrClF4NO. The first-order valence-electron chi connectivity index (χ1n) is 5.56. The number of aromatic nitrogens is 1. The number of hydrogen-bond donors (Lipinski definition) is 0. The summed E-state index contributed by atoms with van der Waals surface area (Å²) in [6.45, 7) is 0. The average molecular weight is 385 g/mol. The van der Waals surface area contributed by atoms with Crippen molar-refractivity contribution in [3.63, 3.8) is 0 Å². The molecule has 1 aromatic heterocycles. The Morgan fingerprint density at radius 2 is 1.95 bits per heavy atom. The van der Waals surface area contributed by atoms with E-state index < -0.39 is 17.6 Å². The Hall–Kier alpha value is -1.34. The number of nitrogens with zero attached hydrogens (tertiary/aromatic N) is 1. The SMILES string of the molecule is Fc1ccc(Oc2ncc(Br)cc2CCl)cc1C(F)(F)F. The van der Waals surface area contributed by atoms with Gasteiger partial charge in [-0.3, -0.25) is 0 Å². The van der Waals surface area contributed by atoms with E-state index in [1.165, 1.54) is 6.20 Å². The van der Waals surface area contributed by atoms with Crippen LogP contribution in [0.2, 0.25) is 0 Å². The van der Waals surface area contributed by atoms with Crippen LogP contribution in [0.3, 0.4) is 0 Å². The van der Waals surface area contributed by atoms with Crippen molar-refractivity contribution in [3.8, 4) is 11.6 Å². The second-order valence-corrected chi connectivity index (χ2v) is 5.18. The van der Waals surface area contributed by atoms with E-state index in [1.807, 2.05) is 0 Å². The highest BCUT2D eigenvalue weighted by molar-refractivity contribution is 9.10. The molecule has 0 aliphatic heterocycles. The molecule has 112 valence electrons. The minimum absolute atomic E-state index is 0.0629. The van der Waals surface area contributed by atoms with E-state index >= 15 is 0 Å². The molecule has 21 heavy (non-hydrogen) atoms. The third-order valence-electron chi connectivity index (χ3n) is 2.49. The second-order valence-electron chi connectivity index (χ2n) is 3.99. The molecule has 0 aliphatic rings. The normalized spacial score (nSPS) is 11.5. The van der Waals surface area contributed by atoms with Gasteiger partial charge in [0.05, 0.1) is 11.4 Å². The van der Waals surface area contributed by atoms with Crippen molar-refractivity contribution in [2.24, 2.45) is 0 Å². The van der Waals surface area contributed by atoms with Crippen LogP contribution < -0.4 is 4.74 Å². The van der Waals surface area contributed by atoms with E-state index in [9.17, 15) is 17.6 Å². The van der Waals surface area contributed by atoms with Crippen molar-refractivity contribution >= 4 is 27.5 Å². The van der Waals surface area contributed by atoms with Crippen LogP contribution in [0.15, 0.2) is 34.9 Å². The van der Waals surface area contributed by atoms with Crippen LogP contribution in [0.25, 0.3) is 0 Å². The van der Waals surface area contributed by atoms with Gasteiger partial charge in [-0.2, -0.15) is 13.2 Å². The van der Waals surface area contributed by atoms with Gasteiger partial charge in [-0.05, 0) is 40.2 Å². The van der Waals surface area contributed by atoms with Gasteiger partial charge in [0.15, 0.2) is 0 Å². The quantitative estimate of drug-likeness (QED) is 0.512. The first-order chi connectivity index (χ1) is 9.81. The summed E-state index contributed by atoms with van der Waals surface area (Å²) in [6.07, 6.45) is -3.38. The Kier molecular flexibility index (Phi) is 4.73. The van der Waals surface area contributed by atoms with Crippen molar-refractivity contribution in [1.29, 1.82) is 0 Å². The van der Waals surface area contributed by atoms with Crippen molar-refractivity contribution in [2.45, 2.75) is 12.1 Å². The van der Waals surface area contributed by atoms with Gasteiger partial charge in [-0.1, -0.05) is 0 Å². The van der Waals surface area contributed by atoms with Crippen LogP contribution in [0, 0.1) is 5.82 Å². The highest BCUT2D eigenvalue weighted by Gasteiger charge is 2.34. The third kappa shape index (κ3) is 3.85. The number of halogens is 6. The van der Waals surface area contributed by atoms with Crippen LogP contribution in [0.4, 0.5) is 17.6 Å². The summed E-state index contributed by atoms with van der Waals surface area (Å²) in [4.78, 5) is 3.93. The standard InChI is InChI=1S/C13H7BrClF4NO/c14-8-3-7(5-15)12(20-6-8)21-9-1-2-11(16)10(4-9)13(17,18)19/h1-4,6H,5H2. The molecule has 1 aromatic carbocycles. The lowest BCUT2D eigenvalue weighted by Crippen LogP contribution is -2.08. The van der Waals surface area contributed by atoms with Crippen LogP contribution in [-0.4, -0.2) is 4.98 Å². The number of ether oxygens (including phenoxy) is 1. The predicted molar refractivity (Wildman–Crippen MR) is 73.0 cm³/mol. The first kappa shape index (κ1) is 16.0. The average Bonchev–Trinajstić information content (AvgIpc) is 2.41. The smallest absolute Gasteiger partial charge is 0.419 e. The first-order valence-corrected chi connectivity index (χ1v) is 6.89. The van der Waals surface area contributed by atoms with Gasteiger partial charge in [-0.25, -0.2) is 9.37 Å². The maximum absolute atomic E-state index is 13.2. The summed E-state index contributed by atoms with van der Waals surface area (Å²) in [6, 6.07) is 3.99. The monoisotopic (exact) mass is 383 g/mol. The third-order valence-corrected chi connectivity index (χ3v) is 3.22. The highest BCUT2D eigenvalue weighted by Crippen LogP contribution is 2.35. The van der Waals surface area contributed by atoms with Gasteiger partial charge in [0.25, 0.3) is 0 Å². The molecule has 0 saturated carbocycles. The van der Waals surface area contributed by atoms with Gasteiger partial charge in [0.1, 0.15) is 11.6 Å². The number of alkyl halides is 4. The fourth-order valence-electron chi connectivity index (χ4n) is 1.55. The summed E-state index contributed by atoms with van der Waals surface area (Å²) >= 11 is 8.91. The van der Waals surface area contributed by atoms with Gasteiger partial charge in [0, 0.05) is 16.2 Å². The molecule has 0 spiro atoms. The molecule has 0 atom stereocenters. The fraction of sp³-hybridized carbons (Fsp3) is 0.154. The van der Waals surface area contributed by atoms with E-state index in [0.717, 1.165) is 6.07 Å². The summed E-state index contributed by atoms with van der Waals surface area (Å²) in [5.74, 6) is -1.41. The number of pyridine rings is 1. The molecule has 2 aromatic rings. The Morgan fingerprint density at radius 3 is 2.57 bits per heavy atom. The Bertz CT molecular complexity index is 663. The largest absolute Gasteiger partial charge is 0.439 e. The molecule has 0 unspecified atom stereocenters. The van der Waals surface area contributed by atoms with Crippen LogP contribution in [0.5, 0.6) is 11.6 Å². The maximum atomic E-state index is 13.2. The Labute approximate surface area is 130 Å². The van der Waals surface area contributed by atoms with E-state index in [-0.39, 0.29) is 17.5 Å². The molecule has 1 heterocycles. The molecule has 2 rings (SSSR count). The summed E-state index contributed by atoms with van der Waals surface area (Å²) in [5, 5.41) is 0. The molecule has 0 aliphatic carbocycles. The zero-order valence-electron chi connectivity index (χ0n) is 10.2. The van der Waals surface area contributed by atoms with E-state index in [4.69, 9.17) is 16.3 Å². The lowest BCUT2D eigenvalue weighted by Gasteiger charge is -2.12. The van der Waals surface area contributed by atoms with Gasteiger partial charge >= 0.3 is 6.18 Å². The zero-order chi connectivity index (χ0) is 15.6. The number of hydrogen-bond acceptors (Lipinski definition) is 2. The molecule has 0 amide bonds. The lowest BCUT2D eigenvalue weighted by molar-refractivity contribution is -0.140. The topological polar surface area (TPSA) is 22.1 Å². The van der Waals surface area contributed by atoms with Gasteiger partial charge in [-0.15, -0.1) is 11.6 Å². The van der Waals surface area contributed by atoms with Crippen molar-refractivity contribution in [2.75, 3.05) is 0 Å². The number of benzene rings is 1. The maximum Gasteiger partial charge on any atom is 0.419 e. The molecule has 0 radical (unpaired) electrons. The molecule has 8 heteroatoms. The van der Waals surface area contributed by atoms with Crippen molar-refractivity contribution in [1.82, 2.24) is 4.98 Å². The summed E-state index contributed by atoms with van der Waals surface area (Å²) < 4.78 is 57.0. The predicted octanol–water partition coefficient (Wildman–Crippen LogP) is 5.53. The number of rotatable bonds is 3. The Balaban J connectivity index is 2.37. The van der Waals surface area contributed by atoms with Gasteiger partial charge < -0.3 is 4.74 Å². The van der Waals surface area contributed by atoms with Gasteiger partial charge in [0.2, 0.25) is 5.88 Å². The molecule has 0 bridgehead atoms. The molecule has 0 fully saturated rings. The zero-order valence-corrected chi connectivity index (χ0v) is 12.6. The minimum Gasteiger partial charge on any atom is -0.439 e. The lowest BCUT2D eigenvalue weighted by atomic mass is 10.2. The molecule has 0 saturated heterocycles. The molecule has 0 N–H and O–H groups in total. The second kappa shape index (κ2) is 6.19. The van der Waals surface area contributed by atoms with Crippen LogP contribution in [0.1, 0.15) is 11.1 Å². The minimum atomic E-state index is -4.80. The van der Waals surface area contributed by atoms with Crippen LogP contribution >= 0.6 is 27.5 Å². The van der Waals surface area contributed by atoms with Crippen LogP contribution in [-0.2, 0) is 12.1 Å².